The standard InChI is InChI=1S/C14H23NO2/c1-3-5-7-12(4-2)11-17-14-13(10-16)8-6-9-15-14/h6,8-9,12,16H,3-5,7,10-11H2,1-2H3. The molecule has 3 nitrogen and oxygen atoms in total. The molecule has 0 fully saturated rings. The molecule has 1 atom stereocenters. The number of aliphatic hydroxyl groups excluding tert-OH is 1. The third kappa shape index (κ3) is 4.73. The average Bonchev–Trinajstić information content (AvgIpc) is 2.39. The molecular formula is C14H23NO2. The molecule has 3 heteroatoms. The summed E-state index contributed by atoms with van der Waals surface area (Å²) in [6, 6.07) is 3.65. The predicted molar refractivity (Wildman–Crippen MR) is 69.0 cm³/mol. The van der Waals surface area contributed by atoms with Crippen LogP contribution < -0.4 is 4.74 Å². The molecule has 0 saturated heterocycles. The van der Waals surface area contributed by atoms with Crippen LogP contribution in [0.1, 0.15) is 45.1 Å². The van der Waals surface area contributed by atoms with Crippen LogP contribution in [0.2, 0.25) is 0 Å². The predicted octanol–water partition coefficient (Wildman–Crippen LogP) is 3.17. The lowest BCUT2D eigenvalue weighted by Crippen LogP contribution is -2.12. The zero-order chi connectivity index (χ0) is 12.5. The summed E-state index contributed by atoms with van der Waals surface area (Å²) in [5, 5.41) is 9.16. The van der Waals surface area contributed by atoms with Crippen molar-refractivity contribution in [2.75, 3.05) is 6.61 Å². The van der Waals surface area contributed by atoms with Gasteiger partial charge in [-0.25, -0.2) is 4.98 Å². The molecule has 1 aromatic heterocycles. The van der Waals surface area contributed by atoms with Gasteiger partial charge in [0.15, 0.2) is 0 Å². The molecule has 1 rings (SSSR count). The van der Waals surface area contributed by atoms with Crippen LogP contribution in [0.25, 0.3) is 0 Å². The molecule has 96 valence electrons. The Bertz CT molecular complexity index is 315. The van der Waals surface area contributed by atoms with Crippen molar-refractivity contribution in [2.24, 2.45) is 5.92 Å². The SMILES string of the molecule is CCCCC(CC)COc1ncccc1CO. The molecule has 0 amide bonds. The van der Waals surface area contributed by atoms with E-state index in [0.717, 1.165) is 12.0 Å². The first-order valence-corrected chi connectivity index (χ1v) is 6.49. The number of hydrogen-bond donors (Lipinski definition) is 1. The first kappa shape index (κ1) is 14.0. The molecular weight excluding hydrogens is 214 g/mol. The third-order valence-electron chi connectivity index (χ3n) is 3.02. The number of hydrogen-bond acceptors (Lipinski definition) is 3. The zero-order valence-electron chi connectivity index (χ0n) is 10.9. The lowest BCUT2D eigenvalue weighted by molar-refractivity contribution is 0.214. The van der Waals surface area contributed by atoms with Gasteiger partial charge in [0.05, 0.1) is 13.2 Å². The molecule has 0 aliphatic rings. The van der Waals surface area contributed by atoms with Crippen molar-refractivity contribution in [3.63, 3.8) is 0 Å². The highest BCUT2D eigenvalue weighted by Gasteiger charge is 2.09. The normalized spacial score (nSPS) is 12.4. The summed E-state index contributed by atoms with van der Waals surface area (Å²) >= 11 is 0. The summed E-state index contributed by atoms with van der Waals surface area (Å²) in [4.78, 5) is 4.15. The number of rotatable bonds is 8. The fourth-order valence-electron chi connectivity index (χ4n) is 1.77. The minimum absolute atomic E-state index is 0.0189. The lowest BCUT2D eigenvalue weighted by Gasteiger charge is -2.16. The Morgan fingerprint density at radius 1 is 1.41 bits per heavy atom. The average molecular weight is 237 g/mol. The molecule has 0 aromatic carbocycles. The van der Waals surface area contributed by atoms with Crippen molar-refractivity contribution < 1.29 is 9.84 Å². The Morgan fingerprint density at radius 3 is 2.88 bits per heavy atom. The molecule has 1 aromatic rings. The van der Waals surface area contributed by atoms with Gasteiger partial charge in [0, 0.05) is 11.8 Å². The first-order valence-electron chi connectivity index (χ1n) is 6.49. The summed E-state index contributed by atoms with van der Waals surface area (Å²) in [6.45, 7) is 5.07. The molecule has 0 bridgehead atoms. The van der Waals surface area contributed by atoms with Gasteiger partial charge in [0.25, 0.3) is 0 Å². The number of unbranched alkanes of at least 4 members (excludes halogenated alkanes) is 1. The van der Waals surface area contributed by atoms with Gasteiger partial charge >= 0.3 is 0 Å². The van der Waals surface area contributed by atoms with Gasteiger partial charge in [-0.3, -0.25) is 0 Å². The van der Waals surface area contributed by atoms with Gasteiger partial charge in [-0.1, -0.05) is 33.1 Å². The Balaban J connectivity index is 2.47. The first-order chi connectivity index (χ1) is 8.31. The van der Waals surface area contributed by atoms with Crippen LogP contribution in [0.4, 0.5) is 0 Å². The Labute approximate surface area is 104 Å². The maximum absolute atomic E-state index is 9.16. The van der Waals surface area contributed by atoms with Crippen LogP contribution in [0.15, 0.2) is 18.3 Å². The van der Waals surface area contributed by atoms with E-state index in [1.54, 1.807) is 6.20 Å². The van der Waals surface area contributed by atoms with Crippen LogP contribution in [0, 0.1) is 5.92 Å². The topological polar surface area (TPSA) is 42.4 Å². The van der Waals surface area contributed by atoms with Crippen molar-refractivity contribution >= 4 is 0 Å². The smallest absolute Gasteiger partial charge is 0.218 e. The van der Waals surface area contributed by atoms with E-state index in [9.17, 15) is 0 Å². The second-order valence-corrected chi connectivity index (χ2v) is 4.35. The largest absolute Gasteiger partial charge is 0.477 e. The van der Waals surface area contributed by atoms with Crippen LogP contribution in [-0.2, 0) is 6.61 Å². The minimum atomic E-state index is -0.0189. The molecule has 0 aliphatic carbocycles. The number of aliphatic hydroxyl groups is 1. The third-order valence-corrected chi connectivity index (χ3v) is 3.02. The molecule has 0 saturated carbocycles. The summed E-state index contributed by atoms with van der Waals surface area (Å²) in [5.41, 5.74) is 0.762. The molecule has 0 radical (unpaired) electrons. The van der Waals surface area contributed by atoms with Crippen molar-refractivity contribution in [1.29, 1.82) is 0 Å². The quantitative estimate of drug-likeness (QED) is 0.755. The van der Waals surface area contributed by atoms with Gasteiger partial charge in [-0.2, -0.15) is 0 Å². The van der Waals surface area contributed by atoms with E-state index in [1.807, 2.05) is 12.1 Å². The zero-order valence-corrected chi connectivity index (χ0v) is 10.9. The molecule has 0 spiro atoms. The van der Waals surface area contributed by atoms with E-state index >= 15 is 0 Å². The highest BCUT2D eigenvalue weighted by molar-refractivity contribution is 5.24. The minimum Gasteiger partial charge on any atom is -0.477 e. The summed E-state index contributed by atoms with van der Waals surface area (Å²) in [5.74, 6) is 1.16. The van der Waals surface area contributed by atoms with Gasteiger partial charge < -0.3 is 9.84 Å². The second kappa shape index (κ2) is 8.07. The van der Waals surface area contributed by atoms with E-state index in [2.05, 4.69) is 18.8 Å². The number of nitrogens with zero attached hydrogens (tertiary/aromatic N) is 1. The highest BCUT2D eigenvalue weighted by atomic mass is 16.5. The Kier molecular flexibility index (Phi) is 6.63. The highest BCUT2D eigenvalue weighted by Crippen LogP contribution is 2.18. The van der Waals surface area contributed by atoms with Crippen molar-refractivity contribution in [3.05, 3.63) is 23.9 Å². The number of ether oxygens (including phenoxy) is 1. The van der Waals surface area contributed by atoms with Crippen LogP contribution >= 0.6 is 0 Å². The maximum Gasteiger partial charge on any atom is 0.218 e. The van der Waals surface area contributed by atoms with Crippen LogP contribution in [-0.4, -0.2) is 16.7 Å². The fourth-order valence-corrected chi connectivity index (χ4v) is 1.77. The van der Waals surface area contributed by atoms with Gasteiger partial charge in [-0.15, -0.1) is 0 Å². The fraction of sp³-hybridized carbons (Fsp3) is 0.643. The number of aromatic nitrogens is 1. The van der Waals surface area contributed by atoms with Gasteiger partial charge in [-0.05, 0) is 24.5 Å². The maximum atomic E-state index is 9.16. The van der Waals surface area contributed by atoms with E-state index in [-0.39, 0.29) is 6.61 Å². The molecule has 0 aliphatic heterocycles. The molecule has 1 heterocycles. The molecule has 17 heavy (non-hydrogen) atoms. The lowest BCUT2D eigenvalue weighted by atomic mass is 10.0. The van der Waals surface area contributed by atoms with E-state index in [0.29, 0.717) is 18.4 Å². The molecule has 1 N–H and O–H groups in total. The van der Waals surface area contributed by atoms with Crippen molar-refractivity contribution in [1.82, 2.24) is 4.98 Å². The summed E-state index contributed by atoms with van der Waals surface area (Å²) in [6.07, 6.45) is 6.50. The Hall–Kier alpha value is -1.09. The Morgan fingerprint density at radius 2 is 2.24 bits per heavy atom. The molecule has 1 unspecified atom stereocenters. The van der Waals surface area contributed by atoms with Crippen LogP contribution in [0.3, 0.4) is 0 Å². The monoisotopic (exact) mass is 237 g/mol. The van der Waals surface area contributed by atoms with E-state index in [1.165, 1.54) is 19.3 Å². The van der Waals surface area contributed by atoms with Gasteiger partial charge in [0.2, 0.25) is 5.88 Å². The van der Waals surface area contributed by atoms with Crippen molar-refractivity contribution in [2.45, 2.75) is 46.1 Å². The van der Waals surface area contributed by atoms with E-state index in [4.69, 9.17) is 9.84 Å². The summed E-state index contributed by atoms with van der Waals surface area (Å²) < 4.78 is 5.71. The summed E-state index contributed by atoms with van der Waals surface area (Å²) in [7, 11) is 0. The van der Waals surface area contributed by atoms with Crippen LogP contribution in [0.5, 0.6) is 5.88 Å². The van der Waals surface area contributed by atoms with Gasteiger partial charge in [0.1, 0.15) is 0 Å². The van der Waals surface area contributed by atoms with E-state index < -0.39 is 0 Å². The second-order valence-electron chi connectivity index (χ2n) is 4.35. The van der Waals surface area contributed by atoms with Crippen molar-refractivity contribution in [3.8, 4) is 5.88 Å². The number of pyridine rings is 1.